The van der Waals surface area contributed by atoms with Crippen LogP contribution in [0, 0.1) is 11.3 Å². The Hall–Kier alpha value is -2.15. The lowest BCUT2D eigenvalue weighted by atomic mass is 10.1. The van der Waals surface area contributed by atoms with Crippen LogP contribution in [0.2, 0.25) is 0 Å². The maximum atomic E-state index is 8.78. The average molecular weight is 238 g/mol. The second kappa shape index (κ2) is 6.55. The molecule has 0 bridgehead atoms. The Morgan fingerprint density at radius 3 is 2.56 bits per heavy atom. The van der Waals surface area contributed by atoms with Gasteiger partial charge in [0.05, 0.1) is 18.2 Å². The van der Waals surface area contributed by atoms with Crippen molar-refractivity contribution in [1.82, 2.24) is 5.48 Å². The van der Waals surface area contributed by atoms with Crippen molar-refractivity contribution in [2.45, 2.75) is 13.2 Å². The lowest BCUT2D eigenvalue weighted by Crippen LogP contribution is -2.13. The minimum absolute atomic E-state index is 0.527. The predicted molar refractivity (Wildman–Crippen MR) is 69.2 cm³/mol. The topological polar surface area (TPSA) is 45.0 Å². The number of rotatable bonds is 5. The molecule has 0 fully saturated rings. The van der Waals surface area contributed by atoms with Crippen molar-refractivity contribution in [3.05, 3.63) is 71.3 Å². The third-order valence-corrected chi connectivity index (χ3v) is 2.52. The summed E-state index contributed by atoms with van der Waals surface area (Å²) in [7, 11) is 0. The summed E-state index contributed by atoms with van der Waals surface area (Å²) in [4.78, 5) is 5.36. The highest BCUT2D eigenvalue weighted by molar-refractivity contribution is 5.32. The smallest absolute Gasteiger partial charge is 0.0991 e. The van der Waals surface area contributed by atoms with Crippen LogP contribution in [-0.4, -0.2) is 0 Å². The molecule has 1 N–H and O–H groups in total. The van der Waals surface area contributed by atoms with E-state index in [1.807, 2.05) is 48.5 Å². The molecule has 0 radical (unpaired) electrons. The van der Waals surface area contributed by atoms with Crippen LogP contribution in [0.3, 0.4) is 0 Å². The van der Waals surface area contributed by atoms with Crippen molar-refractivity contribution >= 4 is 0 Å². The molecule has 0 amide bonds. The van der Waals surface area contributed by atoms with Gasteiger partial charge in [-0.25, -0.2) is 0 Å². The van der Waals surface area contributed by atoms with Crippen molar-refractivity contribution in [1.29, 1.82) is 5.26 Å². The van der Waals surface area contributed by atoms with Crippen LogP contribution in [0.25, 0.3) is 0 Å². The molecule has 0 saturated heterocycles. The molecule has 0 heterocycles. The highest BCUT2D eigenvalue weighted by Crippen LogP contribution is 2.04. The zero-order chi connectivity index (χ0) is 12.6. The average Bonchev–Trinajstić information content (AvgIpc) is 2.45. The lowest BCUT2D eigenvalue weighted by molar-refractivity contribution is 0.0235. The maximum Gasteiger partial charge on any atom is 0.0991 e. The van der Waals surface area contributed by atoms with Crippen LogP contribution in [0.4, 0.5) is 0 Å². The van der Waals surface area contributed by atoms with Crippen molar-refractivity contribution in [3.63, 3.8) is 0 Å². The van der Waals surface area contributed by atoms with Gasteiger partial charge in [-0.05, 0) is 23.3 Å². The van der Waals surface area contributed by atoms with E-state index in [0.29, 0.717) is 18.7 Å². The molecule has 0 aliphatic carbocycles. The van der Waals surface area contributed by atoms with Gasteiger partial charge in [-0.3, -0.25) is 4.84 Å². The van der Waals surface area contributed by atoms with E-state index in [4.69, 9.17) is 10.1 Å². The van der Waals surface area contributed by atoms with E-state index in [0.717, 1.165) is 11.1 Å². The molecule has 2 aromatic rings. The van der Waals surface area contributed by atoms with Gasteiger partial charge < -0.3 is 0 Å². The van der Waals surface area contributed by atoms with E-state index < -0.39 is 0 Å². The Labute approximate surface area is 107 Å². The van der Waals surface area contributed by atoms with Crippen molar-refractivity contribution in [2.24, 2.45) is 0 Å². The van der Waals surface area contributed by atoms with Gasteiger partial charge in [0.25, 0.3) is 0 Å². The first-order chi connectivity index (χ1) is 8.88. The zero-order valence-electron chi connectivity index (χ0n) is 9.97. The molecule has 0 spiro atoms. The van der Waals surface area contributed by atoms with E-state index in [1.54, 1.807) is 6.07 Å². The minimum Gasteiger partial charge on any atom is -0.297 e. The predicted octanol–water partition coefficient (Wildman–Crippen LogP) is 2.78. The molecule has 0 unspecified atom stereocenters. The van der Waals surface area contributed by atoms with E-state index in [-0.39, 0.29) is 0 Å². The van der Waals surface area contributed by atoms with Crippen molar-refractivity contribution in [3.8, 4) is 6.07 Å². The van der Waals surface area contributed by atoms with Gasteiger partial charge in [-0.2, -0.15) is 10.7 Å². The van der Waals surface area contributed by atoms with Gasteiger partial charge in [-0.1, -0.05) is 42.5 Å². The fourth-order valence-corrected chi connectivity index (χ4v) is 1.59. The molecule has 2 aromatic carbocycles. The van der Waals surface area contributed by atoms with Gasteiger partial charge in [-0.15, -0.1) is 0 Å². The summed E-state index contributed by atoms with van der Waals surface area (Å²) in [5.41, 5.74) is 5.71. The Bertz CT molecular complexity index is 532. The zero-order valence-corrected chi connectivity index (χ0v) is 9.97. The lowest BCUT2D eigenvalue weighted by Gasteiger charge is -2.06. The Morgan fingerprint density at radius 2 is 1.78 bits per heavy atom. The molecule has 0 atom stereocenters. The van der Waals surface area contributed by atoms with Crippen LogP contribution < -0.4 is 5.48 Å². The molecular formula is C15H14N2O. The fourth-order valence-electron chi connectivity index (χ4n) is 1.59. The Kier molecular flexibility index (Phi) is 4.48. The third-order valence-electron chi connectivity index (χ3n) is 2.52. The molecule has 0 saturated carbocycles. The van der Waals surface area contributed by atoms with Gasteiger partial charge in [0.15, 0.2) is 0 Å². The first kappa shape index (κ1) is 12.3. The molecule has 0 aliphatic heterocycles. The quantitative estimate of drug-likeness (QED) is 0.643. The second-order valence-corrected chi connectivity index (χ2v) is 3.91. The monoisotopic (exact) mass is 238 g/mol. The summed E-state index contributed by atoms with van der Waals surface area (Å²) >= 11 is 0. The number of hydrogen-bond acceptors (Lipinski definition) is 3. The molecule has 2 rings (SSSR count). The van der Waals surface area contributed by atoms with Crippen molar-refractivity contribution in [2.75, 3.05) is 0 Å². The molecule has 0 aliphatic rings. The molecule has 90 valence electrons. The van der Waals surface area contributed by atoms with E-state index in [1.165, 1.54) is 0 Å². The van der Waals surface area contributed by atoms with Crippen molar-refractivity contribution < 1.29 is 4.84 Å². The number of benzene rings is 2. The highest BCUT2D eigenvalue weighted by atomic mass is 16.6. The summed E-state index contributed by atoms with van der Waals surface area (Å²) in [6.45, 7) is 1.11. The maximum absolute atomic E-state index is 8.78. The van der Waals surface area contributed by atoms with Crippen LogP contribution in [0.15, 0.2) is 54.6 Å². The van der Waals surface area contributed by atoms with Crippen LogP contribution >= 0.6 is 0 Å². The summed E-state index contributed by atoms with van der Waals surface area (Å²) in [5.74, 6) is 0. The Morgan fingerprint density at radius 1 is 1.00 bits per heavy atom. The van der Waals surface area contributed by atoms with E-state index in [2.05, 4.69) is 11.5 Å². The number of nitriles is 1. The first-order valence-electron chi connectivity index (χ1n) is 5.76. The number of nitrogens with one attached hydrogen (secondary N) is 1. The van der Waals surface area contributed by atoms with Crippen LogP contribution in [-0.2, 0) is 18.0 Å². The third kappa shape index (κ3) is 3.70. The van der Waals surface area contributed by atoms with Gasteiger partial charge >= 0.3 is 0 Å². The summed E-state index contributed by atoms with van der Waals surface area (Å²) < 4.78 is 0. The standard InChI is InChI=1S/C15H14N2O/c16-10-14-7-4-8-15(9-14)11-17-18-12-13-5-2-1-3-6-13/h1-9,17H,11-12H2. The fraction of sp³-hybridized carbons (Fsp3) is 0.133. The number of hydrogen-bond donors (Lipinski definition) is 1. The first-order valence-corrected chi connectivity index (χ1v) is 5.76. The van der Waals surface area contributed by atoms with E-state index >= 15 is 0 Å². The molecule has 3 heteroatoms. The second-order valence-electron chi connectivity index (χ2n) is 3.91. The van der Waals surface area contributed by atoms with E-state index in [9.17, 15) is 0 Å². The number of nitrogens with zero attached hydrogens (tertiary/aromatic N) is 1. The SMILES string of the molecule is N#Cc1cccc(CNOCc2ccccc2)c1. The molecule has 0 aromatic heterocycles. The van der Waals surface area contributed by atoms with Crippen LogP contribution in [0.1, 0.15) is 16.7 Å². The number of hydroxylamine groups is 1. The van der Waals surface area contributed by atoms with Crippen LogP contribution in [0.5, 0.6) is 0 Å². The summed E-state index contributed by atoms with van der Waals surface area (Å²) in [6.07, 6.45) is 0. The highest BCUT2D eigenvalue weighted by Gasteiger charge is 1.96. The van der Waals surface area contributed by atoms with Gasteiger partial charge in [0, 0.05) is 6.54 Å². The Balaban J connectivity index is 1.77. The summed E-state index contributed by atoms with van der Waals surface area (Å²) in [6, 6.07) is 19.5. The minimum atomic E-state index is 0.527. The normalized spacial score (nSPS) is 9.94. The largest absolute Gasteiger partial charge is 0.297 e. The molecule has 18 heavy (non-hydrogen) atoms. The van der Waals surface area contributed by atoms with Gasteiger partial charge in [0.1, 0.15) is 0 Å². The summed E-state index contributed by atoms with van der Waals surface area (Å²) in [5, 5.41) is 8.78. The molecule has 3 nitrogen and oxygen atoms in total. The van der Waals surface area contributed by atoms with Gasteiger partial charge in [0.2, 0.25) is 0 Å². The molecular weight excluding hydrogens is 224 g/mol.